The molecule has 1 aliphatic heterocycles. The number of hydrogen-bond acceptors (Lipinski definition) is 4. The summed E-state index contributed by atoms with van der Waals surface area (Å²) in [6, 6.07) is 3.90. The molecule has 1 aromatic rings. The molecule has 16 heavy (non-hydrogen) atoms. The van der Waals surface area contributed by atoms with Crippen LogP contribution < -0.4 is 5.73 Å². The SMILES string of the molecule is N=C(N)c1cc(CN2CCSCC2)ccn1. The van der Waals surface area contributed by atoms with Crippen LogP contribution in [-0.2, 0) is 6.54 Å². The molecule has 1 saturated heterocycles. The lowest BCUT2D eigenvalue weighted by Gasteiger charge is -2.26. The number of amidine groups is 1. The lowest BCUT2D eigenvalue weighted by atomic mass is 10.2. The van der Waals surface area contributed by atoms with Crippen molar-refractivity contribution in [2.75, 3.05) is 24.6 Å². The van der Waals surface area contributed by atoms with Crippen LogP contribution in [0.15, 0.2) is 18.3 Å². The average molecular weight is 236 g/mol. The molecule has 0 atom stereocenters. The molecule has 0 saturated carbocycles. The summed E-state index contributed by atoms with van der Waals surface area (Å²) in [6.45, 7) is 3.22. The summed E-state index contributed by atoms with van der Waals surface area (Å²) < 4.78 is 0. The van der Waals surface area contributed by atoms with Crippen LogP contribution in [0.25, 0.3) is 0 Å². The molecule has 0 unspecified atom stereocenters. The number of hydrogen-bond donors (Lipinski definition) is 2. The molecule has 5 heteroatoms. The van der Waals surface area contributed by atoms with Crippen molar-refractivity contribution in [2.45, 2.75) is 6.54 Å². The Morgan fingerprint density at radius 3 is 2.94 bits per heavy atom. The lowest BCUT2D eigenvalue weighted by Crippen LogP contribution is -2.32. The van der Waals surface area contributed by atoms with E-state index >= 15 is 0 Å². The van der Waals surface area contributed by atoms with Gasteiger partial charge >= 0.3 is 0 Å². The molecule has 0 aliphatic carbocycles. The zero-order valence-electron chi connectivity index (χ0n) is 9.15. The Morgan fingerprint density at radius 2 is 2.25 bits per heavy atom. The van der Waals surface area contributed by atoms with Gasteiger partial charge in [-0.3, -0.25) is 15.3 Å². The summed E-state index contributed by atoms with van der Waals surface area (Å²) >= 11 is 2.01. The third kappa shape index (κ3) is 2.96. The summed E-state index contributed by atoms with van der Waals surface area (Å²) in [5.41, 5.74) is 7.18. The normalized spacial score (nSPS) is 17.2. The maximum absolute atomic E-state index is 7.35. The van der Waals surface area contributed by atoms with Crippen molar-refractivity contribution in [3.05, 3.63) is 29.6 Å². The highest BCUT2D eigenvalue weighted by Crippen LogP contribution is 2.12. The quantitative estimate of drug-likeness (QED) is 0.605. The summed E-state index contributed by atoms with van der Waals surface area (Å²) in [5.74, 6) is 2.46. The van der Waals surface area contributed by atoms with Gasteiger partial charge in [-0.25, -0.2) is 0 Å². The molecular weight excluding hydrogens is 220 g/mol. The highest BCUT2D eigenvalue weighted by atomic mass is 32.2. The van der Waals surface area contributed by atoms with Crippen molar-refractivity contribution in [1.82, 2.24) is 9.88 Å². The first kappa shape index (κ1) is 11.4. The standard InChI is InChI=1S/C11H16N4S/c12-11(13)10-7-9(1-2-14-10)8-15-3-5-16-6-4-15/h1-2,7H,3-6,8H2,(H3,12,13). The Balaban J connectivity index is 2.02. The van der Waals surface area contributed by atoms with Gasteiger partial charge in [0.05, 0.1) is 0 Å². The Labute approximate surface area is 99.7 Å². The first-order valence-corrected chi connectivity index (χ1v) is 6.50. The number of pyridine rings is 1. The fourth-order valence-corrected chi connectivity index (χ4v) is 2.72. The molecular formula is C11H16N4S. The predicted molar refractivity (Wildman–Crippen MR) is 67.9 cm³/mol. The second-order valence-corrected chi connectivity index (χ2v) is 5.08. The molecule has 2 rings (SSSR count). The van der Waals surface area contributed by atoms with E-state index in [1.54, 1.807) is 6.20 Å². The molecule has 1 aromatic heterocycles. The van der Waals surface area contributed by atoms with Crippen LogP contribution in [0.3, 0.4) is 0 Å². The van der Waals surface area contributed by atoms with Crippen LogP contribution in [0.4, 0.5) is 0 Å². The van der Waals surface area contributed by atoms with Crippen LogP contribution in [0, 0.1) is 5.41 Å². The number of nitrogens with one attached hydrogen (secondary N) is 1. The zero-order valence-corrected chi connectivity index (χ0v) is 9.96. The van der Waals surface area contributed by atoms with Crippen LogP contribution in [0.2, 0.25) is 0 Å². The third-order valence-corrected chi connectivity index (χ3v) is 3.55. The van der Waals surface area contributed by atoms with E-state index in [2.05, 4.69) is 9.88 Å². The van der Waals surface area contributed by atoms with E-state index < -0.39 is 0 Å². The van der Waals surface area contributed by atoms with Crippen molar-refractivity contribution in [3.8, 4) is 0 Å². The van der Waals surface area contributed by atoms with Crippen LogP contribution in [0.1, 0.15) is 11.3 Å². The van der Waals surface area contributed by atoms with E-state index in [1.807, 2.05) is 23.9 Å². The minimum atomic E-state index is 0.0380. The molecule has 2 heterocycles. The molecule has 0 spiro atoms. The molecule has 0 aromatic carbocycles. The number of nitrogen functional groups attached to an aromatic ring is 1. The maximum atomic E-state index is 7.35. The van der Waals surface area contributed by atoms with E-state index in [-0.39, 0.29) is 5.84 Å². The van der Waals surface area contributed by atoms with Crippen molar-refractivity contribution in [2.24, 2.45) is 5.73 Å². The zero-order chi connectivity index (χ0) is 11.4. The first-order chi connectivity index (χ1) is 7.75. The van der Waals surface area contributed by atoms with Crippen LogP contribution in [-0.4, -0.2) is 40.3 Å². The minimum Gasteiger partial charge on any atom is -0.382 e. The van der Waals surface area contributed by atoms with E-state index in [9.17, 15) is 0 Å². The summed E-state index contributed by atoms with van der Waals surface area (Å²) in [6.07, 6.45) is 1.73. The maximum Gasteiger partial charge on any atom is 0.141 e. The predicted octanol–water partition coefficient (Wildman–Crippen LogP) is 0.914. The van der Waals surface area contributed by atoms with Crippen molar-refractivity contribution < 1.29 is 0 Å². The second kappa shape index (κ2) is 5.32. The number of thioether (sulfide) groups is 1. The first-order valence-electron chi connectivity index (χ1n) is 5.35. The van der Waals surface area contributed by atoms with Crippen molar-refractivity contribution in [3.63, 3.8) is 0 Å². The molecule has 4 nitrogen and oxygen atoms in total. The summed E-state index contributed by atoms with van der Waals surface area (Å²) in [7, 11) is 0. The monoisotopic (exact) mass is 236 g/mol. The van der Waals surface area contributed by atoms with E-state index in [4.69, 9.17) is 11.1 Å². The van der Waals surface area contributed by atoms with Crippen molar-refractivity contribution >= 4 is 17.6 Å². The molecule has 3 N–H and O–H groups in total. The number of nitrogens with two attached hydrogens (primary N) is 1. The fraction of sp³-hybridized carbons (Fsp3) is 0.455. The Morgan fingerprint density at radius 1 is 1.50 bits per heavy atom. The van der Waals surface area contributed by atoms with E-state index in [0.717, 1.165) is 19.6 Å². The number of rotatable bonds is 3. The van der Waals surface area contributed by atoms with Gasteiger partial charge in [0.2, 0.25) is 0 Å². The van der Waals surface area contributed by atoms with Gasteiger partial charge in [-0.2, -0.15) is 11.8 Å². The molecule has 1 aliphatic rings. The van der Waals surface area contributed by atoms with Gasteiger partial charge in [0.15, 0.2) is 0 Å². The van der Waals surface area contributed by atoms with Crippen LogP contribution >= 0.6 is 11.8 Å². The average Bonchev–Trinajstić information content (AvgIpc) is 2.30. The molecule has 0 bridgehead atoms. The summed E-state index contributed by atoms with van der Waals surface area (Å²) in [4.78, 5) is 6.49. The Bertz CT molecular complexity index is 374. The molecule has 0 radical (unpaired) electrons. The van der Waals surface area contributed by atoms with Crippen molar-refractivity contribution in [1.29, 1.82) is 5.41 Å². The van der Waals surface area contributed by atoms with Gasteiger partial charge in [0.25, 0.3) is 0 Å². The van der Waals surface area contributed by atoms with Crippen LogP contribution in [0.5, 0.6) is 0 Å². The highest BCUT2D eigenvalue weighted by molar-refractivity contribution is 7.99. The topological polar surface area (TPSA) is 66.0 Å². The van der Waals surface area contributed by atoms with E-state index in [0.29, 0.717) is 5.69 Å². The highest BCUT2D eigenvalue weighted by Gasteiger charge is 2.11. The van der Waals surface area contributed by atoms with Gasteiger partial charge in [-0.05, 0) is 17.7 Å². The molecule has 86 valence electrons. The second-order valence-electron chi connectivity index (χ2n) is 3.85. The summed E-state index contributed by atoms with van der Waals surface area (Å²) in [5, 5.41) is 7.35. The third-order valence-electron chi connectivity index (χ3n) is 2.61. The van der Waals surface area contributed by atoms with Gasteiger partial charge < -0.3 is 5.73 Å². The minimum absolute atomic E-state index is 0.0380. The van der Waals surface area contributed by atoms with Gasteiger partial charge in [0.1, 0.15) is 11.5 Å². The van der Waals surface area contributed by atoms with Gasteiger partial charge in [0, 0.05) is 37.3 Å². The number of aromatic nitrogens is 1. The largest absolute Gasteiger partial charge is 0.382 e. The van der Waals surface area contributed by atoms with Gasteiger partial charge in [-0.1, -0.05) is 0 Å². The Hall–Kier alpha value is -1.07. The lowest BCUT2D eigenvalue weighted by molar-refractivity contribution is 0.294. The molecule has 1 fully saturated rings. The van der Waals surface area contributed by atoms with E-state index in [1.165, 1.54) is 17.1 Å². The fourth-order valence-electron chi connectivity index (χ4n) is 1.74. The smallest absolute Gasteiger partial charge is 0.141 e. The molecule has 0 amide bonds. The Kier molecular flexibility index (Phi) is 3.79. The van der Waals surface area contributed by atoms with Gasteiger partial charge in [-0.15, -0.1) is 0 Å². The number of nitrogens with zero attached hydrogens (tertiary/aromatic N) is 2.